The van der Waals surface area contributed by atoms with E-state index < -0.39 is 0 Å². The first-order valence-corrected chi connectivity index (χ1v) is 8.26. The van der Waals surface area contributed by atoms with Gasteiger partial charge < -0.3 is 5.32 Å². The number of likely N-dealkylation sites (N-methyl/N-ethyl adjacent to an activating group) is 1. The average Bonchev–Trinajstić information content (AvgIpc) is 2.49. The van der Waals surface area contributed by atoms with Crippen LogP contribution in [0.25, 0.3) is 0 Å². The first-order valence-electron chi connectivity index (χ1n) is 6.89. The van der Waals surface area contributed by atoms with Gasteiger partial charge in [0.2, 0.25) is 0 Å². The van der Waals surface area contributed by atoms with Crippen molar-refractivity contribution >= 4 is 23.4 Å². The number of rotatable bonds is 6. The van der Waals surface area contributed by atoms with Crippen molar-refractivity contribution < 1.29 is 4.39 Å². The van der Waals surface area contributed by atoms with Gasteiger partial charge in [0.25, 0.3) is 0 Å². The Morgan fingerprint density at radius 3 is 2.57 bits per heavy atom. The Morgan fingerprint density at radius 2 is 1.90 bits per heavy atom. The zero-order valence-electron chi connectivity index (χ0n) is 12.2. The highest BCUT2D eigenvalue weighted by atomic mass is 35.5. The Balaban J connectivity index is 1.97. The van der Waals surface area contributed by atoms with Gasteiger partial charge in [-0.15, -0.1) is 11.8 Å². The normalized spacial score (nSPS) is 12.4. The fourth-order valence-electron chi connectivity index (χ4n) is 2.05. The summed E-state index contributed by atoms with van der Waals surface area (Å²) in [5.41, 5.74) is 2.11. The first kappa shape index (κ1) is 16.3. The molecule has 1 N–H and O–H groups in total. The molecule has 4 heteroatoms. The molecule has 1 atom stereocenters. The van der Waals surface area contributed by atoms with Crippen molar-refractivity contribution in [1.29, 1.82) is 0 Å². The van der Waals surface area contributed by atoms with Crippen molar-refractivity contribution in [3.63, 3.8) is 0 Å². The van der Waals surface area contributed by atoms with Crippen LogP contribution in [-0.4, -0.2) is 18.8 Å². The van der Waals surface area contributed by atoms with E-state index in [0.29, 0.717) is 6.42 Å². The van der Waals surface area contributed by atoms with E-state index in [9.17, 15) is 4.39 Å². The third kappa shape index (κ3) is 4.73. The Bertz CT molecular complexity index is 586. The van der Waals surface area contributed by atoms with Gasteiger partial charge in [0.1, 0.15) is 5.82 Å². The van der Waals surface area contributed by atoms with Crippen LogP contribution in [0.2, 0.25) is 5.02 Å². The second-order valence-corrected chi connectivity index (χ2v) is 6.50. The first-order chi connectivity index (χ1) is 10.1. The van der Waals surface area contributed by atoms with Gasteiger partial charge in [-0.05, 0) is 44.2 Å². The average molecular weight is 324 g/mol. The van der Waals surface area contributed by atoms with Gasteiger partial charge in [-0.2, -0.15) is 0 Å². The van der Waals surface area contributed by atoms with E-state index in [1.165, 1.54) is 16.5 Å². The molecule has 0 aromatic heterocycles. The number of hydrogen-bond donors (Lipinski definition) is 1. The van der Waals surface area contributed by atoms with E-state index in [4.69, 9.17) is 11.6 Å². The lowest BCUT2D eigenvalue weighted by molar-refractivity contribution is 0.603. The molecular weight excluding hydrogens is 305 g/mol. The number of aryl methyl sites for hydroxylation is 1. The Kier molecular flexibility index (Phi) is 6.09. The summed E-state index contributed by atoms with van der Waals surface area (Å²) in [4.78, 5) is 1.24. The summed E-state index contributed by atoms with van der Waals surface area (Å²) in [7, 11) is 1.92. The molecular formula is C17H19ClFNS. The highest BCUT2D eigenvalue weighted by Gasteiger charge is 2.12. The molecule has 2 aromatic carbocycles. The molecule has 2 aromatic rings. The summed E-state index contributed by atoms with van der Waals surface area (Å²) in [5, 5.41) is 3.51. The molecule has 0 aliphatic heterocycles. The number of halogens is 2. The lowest BCUT2D eigenvalue weighted by Gasteiger charge is -2.17. The van der Waals surface area contributed by atoms with E-state index in [2.05, 4.69) is 36.5 Å². The van der Waals surface area contributed by atoms with Crippen LogP contribution in [-0.2, 0) is 6.42 Å². The highest BCUT2D eigenvalue weighted by Crippen LogP contribution is 2.24. The van der Waals surface area contributed by atoms with Crippen molar-refractivity contribution in [1.82, 2.24) is 5.32 Å². The maximum atomic E-state index is 13.5. The van der Waals surface area contributed by atoms with Crippen LogP contribution in [0.5, 0.6) is 0 Å². The fourth-order valence-corrected chi connectivity index (χ4v) is 3.26. The summed E-state index contributed by atoms with van der Waals surface area (Å²) in [5.74, 6) is 0.557. The summed E-state index contributed by atoms with van der Waals surface area (Å²) < 4.78 is 13.5. The molecule has 0 bridgehead atoms. The van der Waals surface area contributed by atoms with Crippen molar-refractivity contribution in [2.24, 2.45) is 0 Å². The molecule has 1 nitrogen and oxygen atoms in total. The van der Waals surface area contributed by atoms with E-state index in [-0.39, 0.29) is 16.9 Å². The van der Waals surface area contributed by atoms with Crippen LogP contribution in [0.4, 0.5) is 4.39 Å². The monoisotopic (exact) mass is 323 g/mol. The molecule has 0 radical (unpaired) electrons. The van der Waals surface area contributed by atoms with Gasteiger partial charge >= 0.3 is 0 Å². The molecule has 0 aliphatic carbocycles. The molecule has 0 spiro atoms. The van der Waals surface area contributed by atoms with E-state index in [1.54, 1.807) is 17.8 Å². The molecule has 112 valence electrons. The predicted molar refractivity (Wildman–Crippen MR) is 89.9 cm³/mol. The zero-order valence-corrected chi connectivity index (χ0v) is 13.8. The van der Waals surface area contributed by atoms with Crippen LogP contribution < -0.4 is 5.32 Å². The zero-order chi connectivity index (χ0) is 15.2. The third-order valence-electron chi connectivity index (χ3n) is 3.38. The lowest BCUT2D eigenvalue weighted by Crippen LogP contribution is -2.30. The second kappa shape index (κ2) is 7.83. The van der Waals surface area contributed by atoms with Crippen LogP contribution in [0.3, 0.4) is 0 Å². The minimum atomic E-state index is -0.352. The van der Waals surface area contributed by atoms with Crippen molar-refractivity contribution in [3.05, 3.63) is 64.4 Å². The fraction of sp³-hybridized carbons (Fsp3) is 0.294. The van der Waals surface area contributed by atoms with Crippen LogP contribution in [0, 0.1) is 12.7 Å². The minimum Gasteiger partial charge on any atom is -0.316 e. The Morgan fingerprint density at radius 1 is 1.19 bits per heavy atom. The summed E-state index contributed by atoms with van der Waals surface area (Å²) >= 11 is 7.81. The van der Waals surface area contributed by atoms with Crippen molar-refractivity contribution in [2.75, 3.05) is 12.8 Å². The van der Waals surface area contributed by atoms with Crippen LogP contribution >= 0.6 is 23.4 Å². The van der Waals surface area contributed by atoms with Gasteiger partial charge in [0.05, 0.1) is 5.02 Å². The SMILES string of the molecule is CNC(CSc1ccc(C)cc1)Cc1cccc(F)c1Cl. The number of hydrogen-bond acceptors (Lipinski definition) is 2. The number of nitrogens with one attached hydrogen (secondary N) is 1. The summed E-state index contributed by atoms with van der Waals surface area (Å²) in [6.45, 7) is 2.08. The molecule has 2 rings (SSSR count). The molecule has 0 heterocycles. The molecule has 0 fully saturated rings. The minimum absolute atomic E-state index is 0.234. The molecule has 0 aliphatic rings. The summed E-state index contributed by atoms with van der Waals surface area (Å²) in [6.07, 6.45) is 0.714. The standard InChI is InChI=1S/C17H19ClFNS/c1-12-6-8-15(9-7-12)21-11-14(20-2)10-13-4-3-5-16(19)17(13)18/h3-9,14,20H,10-11H2,1-2H3. The lowest BCUT2D eigenvalue weighted by atomic mass is 10.1. The predicted octanol–water partition coefficient (Wildman–Crippen LogP) is 4.71. The van der Waals surface area contributed by atoms with Gasteiger partial charge in [-0.1, -0.05) is 41.4 Å². The Labute approximate surface area is 134 Å². The third-order valence-corrected chi connectivity index (χ3v) is 4.98. The molecule has 1 unspecified atom stereocenters. The number of thioether (sulfide) groups is 1. The van der Waals surface area contributed by atoms with E-state index in [0.717, 1.165) is 11.3 Å². The molecule has 21 heavy (non-hydrogen) atoms. The smallest absolute Gasteiger partial charge is 0.142 e. The quantitative estimate of drug-likeness (QED) is 0.773. The van der Waals surface area contributed by atoms with Crippen molar-refractivity contribution in [2.45, 2.75) is 24.3 Å². The molecule has 0 saturated heterocycles. The van der Waals surface area contributed by atoms with Crippen LogP contribution in [0.1, 0.15) is 11.1 Å². The number of benzene rings is 2. The topological polar surface area (TPSA) is 12.0 Å². The van der Waals surface area contributed by atoms with Gasteiger partial charge in [0.15, 0.2) is 0 Å². The van der Waals surface area contributed by atoms with E-state index >= 15 is 0 Å². The van der Waals surface area contributed by atoms with Crippen molar-refractivity contribution in [3.8, 4) is 0 Å². The summed E-state index contributed by atoms with van der Waals surface area (Å²) in [6, 6.07) is 13.7. The van der Waals surface area contributed by atoms with Gasteiger partial charge in [-0.25, -0.2) is 4.39 Å². The van der Waals surface area contributed by atoms with Crippen LogP contribution in [0.15, 0.2) is 47.4 Å². The maximum Gasteiger partial charge on any atom is 0.142 e. The van der Waals surface area contributed by atoms with Gasteiger partial charge in [-0.3, -0.25) is 0 Å². The second-order valence-electron chi connectivity index (χ2n) is 5.03. The highest BCUT2D eigenvalue weighted by molar-refractivity contribution is 7.99. The Hall–Kier alpha value is -1.03. The molecule has 0 saturated carbocycles. The largest absolute Gasteiger partial charge is 0.316 e. The maximum absolute atomic E-state index is 13.5. The van der Waals surface area contributed by atoms with E-state index in [1.807, 2.05) is 13.1 Å². The molecule has 0 amide bonds. The van der Waals surface area contributed by atoms with Gasteiger partial charge in [0, 0.05) is 16.7 Å².